The summed E-state index contributed by atoms with van der Waals surface area (Å²) in [6.07, 6.45) is 4.23. The minimum absolute atomic E-state index is 0.132. The van der Waals surface area contributed by atoms with Crippen LogP contribution in [0.15, 0.2) is 40.9 Å². The summed E-state index contributed by atoms with van der Waals surface area (Å²) < 4.78 is 5.61. The Hall–Kier alpha value is -2.47. The van der Waals surface area contributed by atoms with Crippen molar-refractivity contribution in [3.8, 4) is 11.3 Å². The Kier molecular flexibility index (Phi) is 4.36. The van der Waals surface area contributed by atoms with E-state index < -0.39 is 0 Å². The highest BCUT2D eigenvalue weighted by Gasteiger charge is 2.29. The van der Waals surface area contributed by atoms with Crippen molar-refractivity contribution in [2.75, 3.05) is 13.1 Å². The van der Waals surface area contributed by atoms with E-state index in [0.29, 0.717) is 17.7 Å². The smallest absolute Gasteiger partial charge is 0.233 e. The zero-order chi connectivity index (χ0) is 17.2. The number of hydrogen-bond acceptors (Lipinski definition) is 5. The number of hydrogen-bond donors (Lipinski definition) is 1. The predicted octanol–water partition coefficient (Wildman–Crippen LogP) is 3.71. The van der Waals surface area contributed by atoms with Crippen LogP contribution in [0.1, 0.15) is 49.3 Å². The molecule has 0 unspecified atom stereocenters. The molecule has 0 aliphatic carbocycles. The maximum Gasteiger partial charge on any atom is 0.233 e. The molecular formula is C19H23N5O. The van der Waals surface area contributed by atoms with Crippen LogP contribution in [0, 0.1) is 6.92 Å². The Morgan fingerprint density at radius 3 is 2.84 bits per heavy atom. The SMILES string of the molecule is Cc1nnc([C@@H](C)N2CCC[C@@H](c3ncc(-c4ccccc4)[nH]3)C2)o1. The summed E-state index contributed by atoms with van der Waals surface area (Å²) in [5.74, 6) is 2.78. The van der Waals surface area contributed by atoms with Crippen molar-refractivity contribution in [3.63, 3.8) is 0 Å². The van der Waals surface area contributed by atoms with E-state index in [1.807, 2.05) is 31.3 Å². The molecule has 0 spiro atoms. The number of H-pyrrole nitrogens is 1. The van der Waals surface area contributed by atoms with E-state index in [-0.39, 0.29) is 6.04 Å². The third-order valence-electron chi connectivity index (χ3n) is 4.97. The summed E-state index contributed by atoms with van der Waals surface area (Å²) in [5.41, 5.74) is 2.25. The maximum atomic E-state index is 5.61. The highest BCUT2D eigenvalue weighted by Crippen LogP contribution is 2.31. The topological polar surface area (TPSA) is 70.8 Å². The van der Waals surface area contributed by atoms with Crippen molar-refractivity contribution >= 4 is 0 Å². The Balaban J connectivity index is 1.49. The summed E-state index contributed by atoms with van der Waals surface area (Å²) in [5, 5.41) is 8.14. The monoisotopic (exact) mass is 337 g/mol. The first-order chi connectivity index (χ1) is 12.2. The molecule has 0 saturated carbocycles. The van der Waals surface area contributed by atoms with Crippen LogP contribution in [0.3, 0.4) is 0 Å². The number of rotatable bonds is 4. The number of nitrogens with one attached hydrogen (secondary N) is 1. The Labute approximate surface area is 147 Å². The van der Waals surface area contributed by atoms with E-state index in [0.717, 1.165) is 37.4 Å². The van der Waals surface area contributed by atoms with E-state index in [1.54, 1.807) is 0 Å². The van der Waals surface area contributed by atoms with Crippen molar-refractivity contribution in [2.24, 2.45) is 0 Å². The molecule has 4 rings (SSSR count). The molecular weight excluding hydrogens is 314 g/mol. The van der Waals surface area contributed by atoms with Gasteiger partial charge in [-0.05, 0) is 31.9 Å². The first kappa shape index (κ1) is 16.0. The molecule has 0 amide bonds. The van der Waals surface area contributed by atoms with Crippen molar-refractivity contribution in [2.45, 2.75) is 38.6 Å². The molecule has 3 heterocycles. The van der Waals surface area contributed by atoms with Crippen LogP contribution in [-0.2, 0) is 0 Å². The molecule has 3 aromatic rings. The van der Waals surface area contributed by atoms with Gasteiger partial charge in [0.15, 0.2) is 0 Å². The Morgan fingerprint density at radius 2 is 2.08 bits per heavy atom. The summed E-state index contributed by atoms with van der Waals surface area (Å²) in [4.78, 5) is 10.6. The van der Waals surface area contributed by atoms with Gasteiger partial charge in [0.1, 0.15) is 5.82 Å². The first-order valence-electron chi connectivity index (χ1n) is 8.85. The lowest BCUT2D eigenvalue weighted by Gasteiger charge is -2.34. The predicted molar refractivity (Wildman–Crippen MR) is 95.0 cm³/mol. The second-order valence-corrected chi connectivity index (χ2v) is 6.72. The van der Waals surface area contributed by atoms with Crippen molar-refractivity contribution in [1.29, 1.82) is 0 Å². The molecule has 0 bridgehead atoms. The number of piperidine rings is 1. The molecule has 1 saturated heterocycles. The maximum absolute atomic E-state index is 5.61. The van der Waals surface area contributed by atoms with Gasteiger partial charge in [-0.15, -0.1) is 10.2 Å². The van der Waals surface area contributed by atoms with E-state index in [1.165, 1.54) is 5.56 Å². The normalized spacial score (nSPS) is 19.8. The molecule has 2 aromatic heterocycles. The highest BCUT2D eigenvalue weighted by atomic mass is 16.4. The van der Waals surface area contributed by atoms with Gasteiger partial charge >= 0.3 is 0 Å². The summed E-state index contributed by atoms with van der Waals surface area (Å²) in [6, 6.07) is 10.5. The largest absolute Gasteiger partial charge is 0.424 e. The molecule has 2 atom stereocenters. The first-order valence-corrected chi connectivity index (χ1v) is 8.85. The fraction of sp³-hybridized carbons (Fsp3) is 0.421. The molecule has 0 radical (unpaired) electrons. The molecule has 1 N–H and O–H groups in total. The third kappa shape index (κ3) is 3.35. The van der Waals surface area contributed by atoms with Crippen LogP contribution >= 0.6 is 0 Å². The molecule has 130 valence electrons. The number of imidazole rings is 1. The van der Waals surface area contributed by atoms with E-state index in [4.69, 9.17) is 4.42 Å². The van der Waals surface area contributed by atoms with Gasteiger partial charge in [-0.25, -0.2) is 4.98 Å². The Morgan fingerprint density at radius 1 is 1.24 bits per heavy atom. The molecule has 1 aromatic carbocycles. The lowest BCUT2D eigenvalue weighted by atomic mass is 9.96. The number of benzene rings is 1. The molecule has 6 nitrogen and oxygen atoms in total. The van der Waals surface area contributed by atoms with Gasteiger partial charge in [-0.3, -0.25) is 4.90 Å². The fourth-order valence-electron chi connectivity index (χ4n) is 3.53. The van der Waals surface area contributed by atoms with Gasteiger partial charge in [-0.2, -0.15) is 0 Å². The van der Waals surface area contributed by atoms with Gasteiger partial charge < -0.3 is 9.40 Å². The van der Waals surface area contributed by atoms with Crippen LogP contribution in [0.4, 0.5) is 0 Å². The summed E-state index contributed by atoms with van der Waals surface area (Å²) in [6.45, 7) is 5.96. The average molecular weight is 337 g/mol. The molecule has 1 fully saturated rings. The number of aromatic nitrogens is 4. The van der Waals surface area contributed by atoms with Crippen LogP contribution in [0.25, 0.3) is 11.3 Å². The quantitative estimate of drug-likeness (QED) is 0.786. The zero-order valence-corrected chi connectivity index (χ0v) is 14.6. The molecule has 6 heteroatoms. The lowest BCUT2D eigenvalue weighted by Crippen LogP contribution is -2.36. The standard InChI is InChI=1S/C19H23N5O/c1-13(19-23-22-14(2)25-19)24-10-6-9-16(12-24)18-20-11-17(21-18)15-7-4-3-5-8-15/h3-5,7-8,11,13,16H,6,9-10,12H2,1-2H3,(H,20,21)/t13-,16-/m1/s1. The average Bonchev–Trinajstić information content (AvgIpc) is 3.31. The third-order valence-corrected chi connectivity index (χ3v) is 4.97. The molecule has 25 heavy (non-hydrogen) atoms. The van der Waals surface area contributed by atoms with Crippen molar-refractivity contribution in [3.05, 3.63) is 54.1 Å². The van der Waals surface area contributed by atoms with Gasteiger partial charge in [0.05, 0.1) is 17.9 Å². The number of nitrogens with zero attached hydrogens (tertiary/aromatic N) is 4. The van der Waals surface area contributed by atoms with Crippen LogP contribution < -0.4 is 0 Å². The van der Waals surface area contributed by atoms with Gasteiger partial charge in [0.2, 0.25) is 11.8 Å². The molecule has 1 aliphatic heterocycles. The molecule has 1 aliphatic rings. The van der Waals surface area contributed by atoms with Crippen molar-refractivity contribution < 1.29 is 4.42 Å². The lowest BCUT2D eigenvalue weighted by molar-refractivity contribution is 0.136. The second-order valence-electron chi connectivity index (χ2n) is 6.72. The fourth-order valence-corrected chi connectivity index (χ4v) is 3.53. The number of aryl methyl sites for hydroxylation is 1. The van der Waals surface area contributed by atoms with E-state index in [9.17, 15) is 0 Å². The minimum Gasteiger partial charge on any atom is -0.424 e. The Bertz CT molecular complexity index is 825. The van der Waals surface area contributed by atoms with E-state index >= 15 is 0 Å². The van der Waals surface area contributed by atoms with Crippen LogP contribution in [-0.4, -0.2) is 38.2 Å². The van der Waals surface area contributed by atoms with Crippen LogP contribution in [0.5, 0.6) is 0 Å². The summed E-state index contributed by atoms with van der Waals surface area (Å²) >= 11 is 0. The zero-order valence-electron chi connectivity index (χ0n) is 14.6. The van der Waals surface area contributed by atoms with Crippen LogP contribution in [0.2, 0.25) is 0 Å². The van der Waals surface area contributed by atoms with Gasteiger partial charge in [-0.1, -0.05) is 30.3 Å². The second kappa shape index (κ2) is 6.80. The summed E-state index contributed by atoms with van der Waals surface area (Å²) in [7, 11) is 0. The van der Waals surface area contributed by atoms with Gasteiger partial charge in [0, 0.05) is 19.4 Å². The number of aromatic amines is 1. The van der Waals surface area contributed by atoms with Crippen molar-refractivity contribution in [1.82, 2.24) is 25.1 Å². The minimum atomic E-state index is 0.132. The van der Waals surface area contributed by atoms with Gasteiger partial charge in [0.25, 0.3) is 0 Å². The van der Waals surface area contributed by atoms with E-state index in [2.05, 4.69) is 44.1 Å². The highest BCUT2D eigenvalue weighted by molar-refractivity contribution is 5.58. The number of likely N-dealkylation sites (tertiary alicyclic amines) is 1.